The first-order chi connectivity index (χ1) is 8.56. The molecule has 0 saturated heterocycles. The Labute approximate surface area is 106 Å². The fourth-order valence-electron chi connectivity index (χ4n) is 1.35. The van der Waals surface area contributed by atoms with Crippen LogP contribution in [0.2, 0.25) is 0 Å². The number of anilines is 1. The van der Waals surface area contributed by atoms with E-state index in [2.05, 4.69) is 15.6 Å². The Hall–Kier alpha value is -2.11. The van der Waals surface area contributed by atoms with Crippen molar-refractivity contribution >= 4 is 17.6 Å². The van der Waals surface area contributed by atoms with Gasteiger partial charge < -0.3 is 16.4 Å². The van der Waals surface area contributed by atoms with Crippen molar-refractivity contribution in [2.45, 2.75) is 26.3 Å². The van der Waals surface area contributed by atoms with Crippen LogP contribution in [0, 0.1) is 0 Å². The first-order valence-corrected chi connectivity index (χ1v) is 5.85. The van der Waals surface area contributed by atoms with Crippen LogP contribution in [0.1, 0.15) is 30.6 Å². The minimum atomic E-state index is -0.608. The number of carbonyl (C=O) groups is 2. The maximum atomic E-state index is 11.8. The summed E-state index contributed by atoms with van der Waals surface area (Å²) in [7, 11) is 0. The molecule has 1 heterocycles. The Kier molecular flexibility index (Phi) is 5.10. The average Bonchev–Trinajstić information content (AvgIpc) is 2.36. The highest BCUT2D eigenvalue weighted by Crippen LogP contribution is 2.06. The van der Waals surface area contributed by atoms with Gasteiger partial charge in [0.2, 0.25) is 5.91 Å². The van der Waals surface area contributed by atoms with Gasteiger partial charge in [0.05, 0.1) is 5.56 Å². The number of nitrogen functional groups attached to an aromatic ring is 1. The molecule has 98 valence electrons. The topological polar surface area (TPSA) is 97.1 Å². The third-order valence-electron chi connectivity index (χ3n) is 2.37. The minimum Gasteiger partial charge on any atom is -0.383 e. The van der Waals surface area contributed by atoms with Gasteiger partial charge in [0.15, 0.2) is 0 Å². The lowest BCUT2D eigenvalue weighted by atomic mass is 10.2. The van der Waals surface area contributed by atoms with Gasteiger partial charge in [0.25, 0.3) is 5.91 Å². The van der Waals surface area contributed by atoms with Crippen LogP contribution < -0.4 is 16.4 Å². The Morgan fingerprint density at radius 2 is 2.22 bits per heavy atom. The molecule has 1 aromatic heterocycles. The van der Waals surface area contributed by atoms with E-state index in [4.69, 9.17) is 5.73 Å². The fourth-order valence-corrected chi connectivity index (χ4v) is 1.35. The largest absolute Gasteiger partial charge is 0.383 e. The molecule has 1 atom stereocenters. The van der Waals surface area contributed by atoms with Crippen LogP contribution in [0.4, 0.5) is 5.82 Å². The van der Waals surface area contributed by atoms with Crippen molar-refractivity contribution in [3.8, 4) is 0 Å². The number of nitrogens with one attached hydrogen (secondary N) is 2. The van der Waals surface area contributed by atoms with Crippen LogP contribution in [-0.2, 0) is 4.79 Å². The summed E-state index contributed by atoms with van der Waals surface area (Å²) in [6, 6.07) is 2.57. The van der Waals surface area contributed by atoms with E-state index in [1.165, 1.54) is 6.20 Å². The summed E-state index contributed by atoms with van der Waals surface area (Å²) in [5, 5.41) is 5.28. The van der Waals surface area contributed by atoms with Crippen molar-refractivity contribution < 1.29 is 9.59 Å². The molecule has 0 aliphatic carbocycles. The molecule has 2 amide bonds. The second-order valence-electron chi connectivity index (χ2n) is 3.92. The maximum absolute atomic E-state index is 11.8. The predicted octanol–water partition coefficient (Wildman–Crippen LogP) is 0.308. The van der Waals surface area contributed by atoms with Gasteiger partial charge >= 0.3 is 0 Å². The molecule has 1 aromatic rings. The van der Waals surface area contributed by atoms with Crippen molar-refractivity contribution in [1.29, 1.82) is 0 Å². The van der Waals surface area contributed by atoms with Gasteiger partial charge in [-0.1, -0.05) is 6.92 Å². The number of hydrogen-bond donors (Lipinski definition) is 3. The molecule has 0 radical (unpaired) electrons. The SMILES string of the molecule is CCCNC(=O)C(C)NC(=O)c1cccnc1N. The van der Waals surface area contributed by atoms with Gasteiger partial charge in [-0.15, -0.1) is 0 Å². The molecular weight excluding hydrogens is 232 g/mol. The van der Waals surface area contributed by atoms with Crippen molar-refractivity contribution in [2.75, 3.05) is 12.3 Å². The Bertz CT molecular complexity index is 434. The van der Waals surface area contributed by atoms with Gasteiger partial charge in [-0.2, -0.15) is 0 Å². The molecule has 0 aliphatic rings. The Morgan fingerprint density at radius 3 is 2.83 bits per heavy atom. The van der Waals surface area contributed by atoms with Crippen molar-refractivity contribution in [3.63, 3.8) is 0 Å². The monoisotopic (exact) mass is 250 g/mol. The Balaban J connectivity index is 2.60. The fraction of sp³-hybridized carbons (Fsp3) is 0.417. The first-order valence-electron chi connectivity index (χ1n) is 5.85. The molecule has 6 heteroatoms. The molecule has 0 fully saturated rings. The van der Waals surface area contributed by atoms with E-state index in [1.54, 1.807) is 19.1 Å². The molecule has 6 nitrogen and oxygen atoms in total. The zero-order valence-corrected chi connectivity index (χ0v) is 10.6. The molecule has 0 aromatic carbocycles. The lowest BCUT2D eigenvalue weighted by Crippen LogP contribution is -2.45. The van der Waals surface area contributed by atoms with Gasteiger partial charge in [-0.3, -0.25) is 9.59 Å². The molecule has 1 unspecified atom stereocenters. The highest BCUT2D eigenvalue weighted by atomic mass is 16.2. The third kappa shape index (κ3) is 3.73. The molecule has 0 spiro atoms. The molecule has 0 saturated carbocycles. The molecule has 18 heavy (non-hydrogen) atoms. The van der Waals surface area contributed by atoms with Crippen LogP contribution in [0.3, 0.4) is 0 Å². The number of pyridine rings is 1. The lowest BCUT2D eigenvalue weighted by molar-refractivity contribution is -0.122. The second kappa shape index (κ2) is 6.58. The third-order valence-corrected chi connectivity index (χ3v) is 2.37. The molecule has 1 rings (SSSR count). The normalized spacial score (nSPS) is 11.7. The van der Waals surface area contributed by atoms with Crippen LogP contribution in [0.15, 0.2) is 18.3 Å². The van der Waals surface area contributed by atoms with Crippen molar-refractivity contribution in [3.05, 3.63) is 23.9 Å². The van der Waals surface area contributed by atoms with E-state index >= 15 is 0 Å². The average molecular weight is 250 g/mol. The zero-order chi connectivity index (χ0) is 13.5. The predicted molar refractivity (Wildman–Crippen MR) is 68.9 cm³/mol. The number of hydrogen-bond acceptors (Lipinski definition) is 4. The summed E-state index contributed by atoms with van der Waals surface area (Å²) >= 11 is 0. The molecular formula is C12H18N4O2. The summed E-state index contributed by atoms with van der Waals surface area (Å²) in [5.74, 6) is -0.469. The van der Waals surface area contributed by atoms with Crippen LogP contribution in [-0.4, -0.2) is 29.4 Å². The van der Waals surface area contributed by atoms with E-state index in [-0.39, 0.29) is 17.3 Å². The number of carbonyl (C=O) groups excluding carboxylic acids is 2. The second-order valence-corrected chi connectivity index (χ2v) is 3.92. The van der Waals surface area contributed by atoms with E-state index in [0.29, 0.717) is 6.54 Å². The highest BCUT2D eigenvalue weighted by Gasteiger charge is 2.17. The first kappa shape index (κ1) is 14.0. The number of aromatic nitrogens is 1. The summed E-state index contributed by atoms with van der Waals surface area (Å²) in [6.45, 7) is 4.17. The summed E-state index contributed by atoms with van der Waals surface area (Å²) in [5.41, 5.74) is 5.85. The van der Waals surface area contributed by atoms with E-state index in [9.17, 15) is 9.59 Å². The lowest BCUT2D eigenvalue weighted by Gasteiger charge is -2.14. The number of nitrogens with two attached hydrogens (primary N) is 1. The van der Waals surface area contributed by atoms with E-state index in [1.807, 2.05) is 6.92 Å². The van der Waals surface area contributed by atoms with Gasteiger partial charge in [-0.25, -0.2) is 4.98 Å². The number of amides is 2. The van der Waals surface area contributed by atoms with Crippen LogP contribution >= 0.6 is 0 Å². The van der Waals surface area contributed by atoms with Gasteiger partial charge in [0.1, 0.15) is 11.9 Å². The molecule has 0 bridgehead atoms. The summed E-state index contributed by atoms with van der Waals surface area (Å²) < 4.78 is 0. The van der Waals surface area contributed by atoms with Crippen molar-refractivity contribution in [2.24, 2.45) is 0 Å². The molecule has 0 aliphatic heterocycles. The van der Waals surface area contributed by atoms with Crippen molar-refractivity contribution in [1.82, 2.24) is 15.6 Å². The molecule has 4 N–H and O–H groups in total. The smallest absolute Gasteiger partial charge is 0.255 e. The van der Waals surface area contributed by atoms with E-state index in [0.717, 1.165) is 6.42 Å². The van der Waals surface area contributed by atoms with Gasteiger partial charge in [-0.05, 0) is 25.5 Å². The number of nitrogens with zero attached hydrogens (tertiary/aromatic N) is 1. The number of rotatable bonds is 5. The Morgan fingerprint density at radius 1 is 1.50 bits per heavy atom. The quantitative estimate of drug-likeness (QED) is 0.700. The zero-order valence-electron chi connectivity index (χ0n) is 10.6. The highest BCUT2D eigenvalue weighted by molar-refractivity contribution is 6.00. The van der Waals surface area contributed by atoms with Crippen LogP contribution in [0.5, 0.6) is 0 Å². The van der Waals surface area contributed by atoms with Crippen LogP contribution in [0.25, 0.3) is 0 Å². The maximum Gasteiger partial charge on any atom is 0.255 e. The standard InChI is InChI=1S/C12H18N4O2/c1-3-6-15-11(17)8(2)16-12(18)9-5-4-7-14-10(9)13/h4-5,7-8H,3,6H2,1-2H3,(H2,13,14)(H,15,17)(H,16,18). The summed E-state index contributed by atoms with van der Waals surface area (Å²) in [4.78, 5) is 27.2. The van der Waals surface area contributed by atoms with E-state index < -0.39 is 11.9 Å². The minimum absolute atomic E-state index is 0.149. The summed E-state index contributed by atoms with van der Waals surface area (Å²) in [6.07, 6.45) is 2.35. The van der Waals surface area contributed by atoms with Gasteiger partial charge in [0, 0.05) is 12.7 Å².